The van der Waals surface area contributed by atoms with Gasteiger partial charge in [0.2, 0.25) is 5.91 Å². The number of aromatic nitrogens is 2. The largest absolute Gasteiger partial charge is 0.496 e. The van der Waals surface area contributed by atoms with Gasteiger partial charge in [-0.1, -0.05) is 18.2 Å². The van der Waals surface area contributed by atoms with Crippen molar-refractivity contribution in [2.75, 3.05) is 20.2 Å². The van der Waals surface area contributed by atoms with Crippen LogP contribution in [0, 0.1) is 5.92 Å². The normalized spacial score (nSPS) is 18.0. The molecular formula is C20H26N4O3. The van der Waals surface area contributed by atoms with E-state index in [1.54, 1.807) is 7.11 Å². The first-order chi connectivity index (χ1) is 13.1. The minimum Gasteiger partial charge on any atom is -0.496 e. The van der Waals surface area contributed by atoms with Crippen LogP contribution in [-0.2, 0) is 24.4 Å². The number of carbonyl (C=O) groups excluding carboxylic acids is 1. The van der Waals surface area contributed by atoms with Gasteiger partial charge in [-0.15, -0.1) is 0 Å². The maximum Gasteiger partial charge on any atom is 0.234 e. The van der Waals surface area contributed by atoms with Gasteiger partial charge in [0.1, 0.15) is 11.9 Å². The van der Waals surface area contributed by atoms with Crippen LogP contribution in [0.3, 0.4) is 0 Å². The minimum absolute atomic E-state index is 0.00731. The number of nitrogens with zero attached hydrogens (tertiary/aromatic N) is 3. The van der Waals surface area contributed by atoms with Gasteiger partial charge in [0.05, 0.1) is 31.6 Å². The second-order valence-electron chi connectivity index (χ2n) is 7.37. The Balaban J connectivity index is 1.31. The Morgan fingerprint density at radius 1 is 1.37 bits per heavy atom. The summed E-state index contributed by atoms with van der Waals surface area (Å²) in [6, 6.07) is 9.67. The third-order valence-corrected chi connectivity index (χ3v) is 5.30. The van der Waals surface area contributed by atoms with Crippen LogP contribution in [-0.4, -0.2) is 45.9 Å². The molecule has 1 amide bonds. The van der Waals surface area contributed by atoms with Crippen molar-refractivity contribution in [3.8, 4) is 5.75 Å². The van der Waals surface area contributed by atoms with E-state index in [2.05, 4.69) is 15.3 Å². The molecule has 0 radical (unpaired) electrons. The fourth-order valence-electron chi connectivity index (χ4n) is 3.58. The number of nitrogens with one attached hydrogen (secondary N) is 1. The first-order valence-electron chi connectivity index (χ1n) is 9.49. The van der Waals surface area contributed by atoms with Gasteiger partial charge in [-0.05, 0) is 30.9 Å². The van der Waals surface area contributed by atoms with Crippen molar-refractivity contribution in [2.45, 2.75) is 38.6 Å². The van der Waals surface area contributed by atoms with Crippen molar-refractivity contribution in [1.82, 2.24) is 20.0 Å². The van der Waals surface area contributed by atoms with Gasteiger partial charge < -0.3 is 15.2 Å². The van der Waals surface area contributed by atoms with Gasteiger partial charge >= 0.3 is 0 Å². The van der Waals surface area contributed by atoms with Crippen LogP contribution >= 0.6 is 0 Å². The molecule has 0 saturated heterocycles. The van der Waals surface area contributed by atoms with Crippen molar-refractivity contribution >= 4 is 5.91 Å². The van der Waals surface area contributed by atoms with Crippen molar-refractivity contribution in [1.29, 1.82) is 0 Å². The van der Waals surface area contributed by atoms with Gasteiger partial charge in [0.15, 0.2) is 0 Å². The summed E-state index contributed by atoms with van der Waals surface area (Å²) in [5, 5.41) is 17.8. The van der Waals surface area contributed by atoms with E-state index in [1.807, 2.05) is 35.0 Å². The number of benzene rings is 1. The van der Waals surface area contributed by atoms with Crippen LogP contribution < -0.4 is 10.1 Å². The maximum absolute atomic E-state index is 12.4. The monoisotopic (exact) mass is 370 g/mol. The Morgan fingerprint density at radius 2 is 2.19 bits per heavy atom. The average Bonchev–Trinajstić information content (AvgIpc) is 3.45. The minimum atomic E-state index is -0.444. The number of hydrogen-bond donors (Lipinski definition) is 2. The summed E-state index contributed by atoms with van der Waals surface area (Å²) < 4.78 is 7.28. The highest BCUT2D eigenvalue weighted by molar-refractivity contribution is 5.78. The number of hydrogen-bond acceptors (Lipinski definition) is 5. The molecule has 1 aliphatic carbocycles. The highest BCUT2D eigenvalue weighted by atomic mass is 16.5. The summed E-state index contributed by atoms with van der Waals surface area (Å²) in [6.45, 7) is 2.99. The lowest BCUT2D eigenvalue weighted by Crippen LogP contribution is -2.41. The molecule has 2 heterocycles. The number of amides is 1. The smallest absolute Gasteiger partial charge is 0.234 e. The van der Waals surface area contributed by atoms with E-state index < -0.39 is 6.10 Å². The van der Waals surface area contributed by atoms with Gasteiger partial charge in [-0.3, -0.25) is 14.4 Å². The molecule has 1 aromatic carbocycles. The zero-order valence-corrected chi connectivity index (χ0v) is 15.6. The van der Waals surface area contributed by atoms with E-state index in [0.29, 0.717) is 25.6 Å². The van der Waals surface area contributed by atoms with Crippen LogP contribution in [0.25, 0.3) is 0 Å². The molecule has 1 unspecified atom stereocenters. The first-order valence-corrected chi connectivity index (χ1v) is 9.49. The molecule has 1 saturated carbocycles. The molecule has 1 aliphatic heterocycles. The van der Waals surface area contributed by atoms with Crippen LogP contribution in [0.4, 0.5) is 0 Å². The number of carbonyl (C=O) groups is 1. The van der Waals surface area contributed by atoms with E-state index in [1.165, 1.54) is 0 Å². The Kier molecular flexibility index (Phi) is 5.13. The molecule has 2 aromatic rings. The molecule has 27 heavy (non-hydrogen) atoms. The Bertz CT molecular complexity index is 815. The molecule has 1 aromatic heterocycles. The lowest BCUT2D eigenvalue weighted by atomic mass is 10.1. The summed E-state index contributed by atoms with van der Waals surface area (Å²) >= 11 is 0. The molecule has 0 bridgehead atoms. The molecule has 1 fully saturated rings. The van der Waals surface area contributed by atoms with Gasteiger partial charge in [-0.25, -0.2) is 0 Å². The number of aliphatic hydroxyl groups is 1. The number of rotatable bonds is 7. The van der Waals surface area contributed by atoms with E-state index >= 15 is 0 Å². The second kappa shape index (κ2) is 7.70. The lowest BCUT2D eigenvalue weighted by Gasteiger charge is -2.26. The molecule has 2 aliphatic rings. The molecule has 144 valence electrons. The van der Waals surface area contributed by atoms with Crippen molar-refractivity contribution in [3.63, 3.8) is 0 Å². The summed E-state index contributed by atoms with van der Waals surface area (Å²) in [4.78, 5) is 14.5. The number of fused-ring (bicyclic) bond motifs is 1. The molecule has 7 nitrogen and oxygen atoms in total. The Hall–Kier alpha value is -2.38. The second-order valence-corrected chi connectivity index (χ2v) is 7.37. The van der Waals surface area contributed by atoms with Crippen molar-refractivity contribution in [2.24, 2.45) is 5.92 Å². The van der Waals surface area contributed by atoms with Gasteiger partial charge in [0.25, 0.3) is 0 Å². The van der Waals surface area contributed by atoms with E-state index in [9.17, 15) is 9.90 Å². The van der Waals surface area contributed by atoms with E-state index in [0.717, 1.165) is 48.6 Å². The van der Waals surface area contributed by atoms with E-state index in [-0.39, 0.29) is 5.91 Å². The zero-order valence-electron chi connectivity index (χ0n) is 15.6. The van der Waals surface area contributed by atoms with Crippen LogP contribution in [0.1, 0.15) is 35.9 Å². The predicted molar refractivity (Wildman–Crippen MR) is 100 cm³/mol. The molecule has 4 rings (SSSR count). The quantitative estimate of drug-likeness (QED) is 0.772. The summed E-state index contributed by atoms with van der Waals surface area (Å²) in [5.41, 5.74) is 2.80. The summed E-state index contributed by atoms with van der Waals surface area (Å²) in [7, 11) is 1.63. The highest BCUT2D eigenvalue weighted by Crippen LogP contribution is 2.40. The number of para-hydroxylation sites is 1. The third kappa shape index (κ3) is 4.14. The van der Waals surface area contributed by atoms with Gasteiger partial charge in [0, 0.05) is 25.2 Å². The maximum atomic E-state index is 12.4. The van der Waals surface area contributed by atoms with E-state index in [4.69, 9.17) is 4.74 Å². The lowest BCUT2D eigenvalue weighted by molar-refractivity contribution is -0.122. The Morgan fingerprint density at radius 3 is 2.96 bits per heavy atom. The number of aliphatic hydroxyl groups excluding tert-OH is 1. The fourth-order valence-corrected chi connectivity index (χ4v) is 3.58. The van der Waals surface area contributed by atoms with Crippen LogP contribution in [0.5, 0.6) is 5.75 Å². The standard InChI is InChI=1S/C20H26N4O3/c1-27-18-5-3-2-4-15(18)11-21-19(25)13-23-8-9-24-16(12-23)10-17(22-24)20(26)14-6-7-14/h2-5,10,14,20,26H,6-9,11-13H2,1H3,(H,21,25). The number of ether oxygens (including phenoxy) is 1. The summed E-state index contributed by atoms with van der Waals surface area (Å²) in [6.07, 6.45) is 1.73. The van der Waals surface area contributed by atoms with Crippen LogP contribution in [0.2, 0.25) is 0 Å². The molecule has 7 heteroatoms. The average molecular weight is 370 g/mol. The SMILES string of the molecule is COc1ccccc1CNC(=O)CN1CCn2nc(C(O)C3CC3)cc2C1. The molecule has 0 spiro atoms. The van der Waals surface area contributed by atoms with Crippen LogP contribution in [0.15, 0.2) is 30.3 Å². The zero-order chi connectivity index (χ0) is 18.8. The molecule has 2 N–H and O–H groups in total. The number of methoxy groups -OCH3 is 1. The highest BCUT2D eigenvalue weighted by Gasteiger charge is 2.33. The van der Waals surface area contributed by atoms with Crippen molar-refractivity contribution in [3.05, 3.63) is 47.3 Å². The topological polar surface area (TPSA) is 79.6 Å². The fraction of sp³-hybridized carbons (Fsp3) is 0.500. The van der Waals surface area contributed by atoms with Gasteiger partial charge in [-0.2, -0.15) is 5.10 Å². The molecular weight excluding hydrogens is 344 g/mol. The molecule has 1 atom stereocenters. The third-order valence-electron chi connectivity index (χ3n) is 5.30. The Labute approximate surface area is 158 Å². The first kappa shape index (κ1) is 18.0. The predicted octanol–water partition coefficient (Wildman–Crippen LogP) is 1.47. The van der Waals surface area contributed by atoms with Crippen molar-refractivity contribution < 1.29 is 14.6 Å². The summed E-state index contributed by atoms with van der Waals surface area (Å²) in [5.74, 6) is 1.15.